The van der Waals surface area contributed by atoms with Gasteiger partial charge in [-0.1, -0.05) is 104 Å². The summed E-state index contributed by atoms with van der Waals surface area (Å²) in [5.41, 5.74) is 1.22. The summed E-state index contributed by atoms with van der Waals surface area (Å²) in [5.74, 6) is 0. The highest BCUT2D eigenvalue weighted by Crippen LogP contribution is 2.15. The Balaban J connectivity index is 2.05. The van der Waals surface area contributed by atoms with Crippen LogP contribution in [0.4, 0.5) is 21.0 Å². The summed E-state index contributed by atoms with van der Waals surface area (Å²) in [5, 5.41) is 5.48. The second-order valence-electron chi connectivity index (χ2n) is 12.4. The van der Waals surface area contributed by atoms with E-state index in [1.54, 1.807) is 24.3 Å². The zero-order valence-electron chi connectivity index (χ0n) is 28.8. The maximum atomic E-state index is 12.1. The molecule has 8 heteroatoms. The number of hydrogen-bond donors (Lipinski definition) is 2. The average molecular weight is 619 g/mol. The van der Waals surface area contributed by atoms with Crippen molar-refractivity contribution in [3.05, 3.63) is 24.3 Å². The van der Waals surface area contributed by atoms with Crippen molar-refractivity contribution in [1.82, 2.24) is 9.80 Å². The van der Waals surface area contributed by atoms with Gasteiger partial charge >= 0.3 is 12.2 Å². The lowest BCUT2D eigenvalue weighted by Gasteiger charge is -2.16. The molecule has 0 spiro atoms. The van der Waals surface area contributed by atoms with Crippen LogP contribution in [0.5, 0.6) is 0 Å². The lowest BCUT2D eigenvalue weighted by molar-refractivity contribution is 0.153. The molecule has 254 valence electrons. The van der Waals surface area contributed by atoms with Gasteiger partial charge in [0.1, 0.15) is 0 Å². The molecule has 8 nitrogen and oxygen atoms in total. The van der Waals surface area contributed by atoms with Crippen molar-refractivity contribution >= 4 is 23.6 Å². The molecular formula is C36H66N4O4. The summed E-state index contributed by atoms with van der Waals surface area (Å²) >= 11 is 0. The van der Waals surface area contributed by atoms with Gasteiger partial charge in [-0.25, -0.2) is 9.59 Å². The zero-order valence-corrected chi connectivity index (χ0v) is 28.8. The normalized spacial score (nSPS) is 11.2. The fourth-order valence-electron chi connectivity index (χ4n) is 5.20. The van der Waals surface area contributed by atoms with Crippen molar-refractivity contribution in [2.75, 3.05) is 64.1 Å². The molecule has 0 aliphatic heterocycles. The Morgan fingerprint density at radius 3 is 1.14 bits per heavy atom. The fourth-order valence-corrected chi connectivity index (χ4v) is 5.20. The first kappa shape index (κ1) is 39.7. The molecule has 0 radical (unpaired) electrons. The number of benzene rings is 1. The van der Waals surface area contributed by atoms with E-state index in [1.165, 1.54) is 103 Å². The number of ether oxygens (including phenoxy) is 2. The molecule has 0 aromatic heterocycles. The number of nitrogens with one attached hydrogen (secondary N) is 2. The van der Waals surface area contributed by atoms with Crippen LogP contribution in [0.3, 0.4) is 0 Å². The van der Waals surface area contributed by atoms with Crippen molar-refractivity contribution in [2.45, 2.75) is 129 Å². The van der Waals surface area contributed by atoms with Crippen molar-refractivity contribution in [3.63, 3.8) is 0 Å². The van der Waals surface area contributed by atoms with Crippen molar-refractivity contribution < 1.29 is 19.1 Å². The van der Waals surface area contributed by atoms with E-state index >= 15 is 0 Å². The molecule has 2 N–H and O–H groups in total. The molecule has 0 atom stereocenters. The number of rotatable bonds is 28. The molecule has 0 aliphatic rings. The number of unbranched alkanes of at least 4 members (excludes halogenated alkanes) is 14. The quantitative estimate of drug-likeness (QED) is 0.0910. The van der Waals surface area contributed by atoms with Crippen molar-refractivity contribution in [1.29, 1.82) is 0 Å². The minimum absolute atomic E-state index is 0.383. The lowest BCUT2D eigenvalue weighted by Crippen LogP contribution is -2.23. The highest BCUT2D eigenvalue weighted by atomic mass is 16.6. The van der Waals surface area contributed by atoms with Gasteiger partial charge in [0.25, 0.3) is 0 Å². The molecule has 0 bridgehead atoms. The fraction of sp³-hybridized carbons (Fsp3) is 0.778. The number of amides is 2. The van der Waals surface area contributed by atoms with E-state index in [0.717, 1.165) is 39.0 Å². The maximum absolute atomic E-state index is 12.1. The SMILES string of the molecule is CCCCCCCCCCN(C)CCCOC(=O)Nc1ccc(NC(=O)OCCCN(C)CCCCCCCCCC)cc1. The third-order valence-electron chi connectivity index (χ3n) is 8.00. The summed E-state index contributed by atoms with van der Waals surface area (Å²) in [6, 6.07) is 6.92. The van der Waals surface area contributed by atoms with E-state index in [4.69, 9.17) is 9.47 Å². The standard InChI is InChI=1S/C36H66N4O4/c1-5-7-9-11-13-15-17-19-27-39(3)29-21-31-43-35(41)37-33-23-25-34(26-24-33)38-36(42)44-32-22-30-40(4)28-20-18-16-14-12-10-8-6-2/h23-26H,5-22,27-32H2,1-4H3,(H,37,41)(H,38,42). The third kappa shape index (κ3) is 24.1. The number of carbonyl (C=O) groups excluding carboxylic acids is 2. The van der Waals surface area contributed by atoms with Gasteiger partial charge in [-0.15, -0.1) is 0 Å². The number of nitrogens with zero attached hydrogens (tertiary/aromatic N) is 2. The van der Waals surface area contributed by atoms with Gasteiger partial charge in [0, 0.05) is 24.5 Å². The average Bonchev–Trinajstić information content (AvgIpc) is 3.01. The highest BCUT2D eigenvalue weighted by Gasteiger charge is 2.07. The van der Waals surface area contributed by atoms with E-state index in [9.17, 15) is 9.59 Å². The van der Waals surface area contributed by atoms with Gasteiger partial charge in [-0.05, 0) is 77.1 Å². The van der Waals surface area contributed by atoms with Gasteiger partial charge in [0.2, 0.25) is 0 Å². The van der Waals surface area contributed by atoms with Crippen LogP contribution in [0.15, 0.2) is 24.3 Å². The lowest BCUT2D eigenvalue weighted by atomic mass is 10.1. The maximum Gasteiger partial charge on any atom is 0.411 e. The number of anilines is 2. The van der Waals surface area contributed by atoms with E-state index in [0.29, 0.717) is 24.6 Å². The Morgan fingerprint density at radius 1 is 0.500 bits per heavy atom. The van der Waals surface area contributed by atoms with E-state index in [1.807, 2.05) is 0 Å². The minimum atomic E-state index is -0.469. The van der Waals surface area contributed by atoms with Crippen molar-refractivity contribution in [3.8, 4) is 0 Å². The Hall–Kier alpha value is -2.32. The molecule has 0 saturated heterocycles. The van der Waals surface area contributed by atoms with Gasteiger partial charge in [-0.2, -0.15) is 0 Å². The Labute approximate surface area is 270 Å². The first-order valence-electron chi connectivity index (χ1n) is 17.8. The second-order valence-corrected chi connectivity index (χ2v) is 12.4. The molecule has 0 unspecified atom stereocenters. The molecule has 1 aromatic carbocycles. The first-order chi connectivity index (χ1) is 21.4. The summed E-state index contributed by atoms with van der Waals surface area (Å²) in [7, 11) is 4.26. The molecule has 0 saturated carbocycles. The van der Waals surface area contributed by atoms with Crippen LogP contribution in [-0.2, 0) is 9.47 Å². The van der Waals surface area contributed by atoms with Crippen LogP contribution in [0.2, 0.25) is 0 Å². The first-order valence-corrected chi connectivity index (χ1v) is 17.8. The monoisotopic (exact) mass is 619 g/mol. The highest BCUT2D eigenvalue weighted by molar-refractivity contribution is 5.87. The second kappa shape index (κ2) is 28.2. The predicted octanol–water partition coefficient (Wildman–Crippen LogP) is 9.71. The van der Waals surface area contributed by atoms with Gasteiger partial charge < -0.3 is 19.3 Å². The number of carbonyl (C=O) groups is 2. The topological polar surface area (TPSA) is 83.1 Å². The van der Waals surface area contributed by atoms with Crippen LogP contribution >= 0.6 is 0 Å². The largest absolute Gasteiger partial charge is 0.449 e. The molecule has 0 fully saturated rings. The molecule has 44 heavy (non-hydrogen) atoms. The summed E-state index contributed by atoms with van der Waals surface area (Å²) in [6.07, 6.45) is 21.9. The summed E-state index contributed by atoms with van der Waals surface area (Å²) < 4.78 is 10.7. The minimum Gasteiger partial charge on any atom is -0.449 e. The summed E-state index contributed by atoms with van der Waals surface area (Å²) in [4.78, 5) is 28.9. The van der Waals surface area contributed by atoms with Gasteiger partial charge in [-0.3, -0.25) is 10.6 Å². The number of hydrogen-bond acceptors (Lipinski definition) is 6. The van der Waals surface area contributed by atoms with E-state index < -0.39 is 12.2 Å². The molecule has 2 amide bonds. The molecule has 1 aromatic rings. The van der Waals surface area contributed by atoms with Crippen LogP contribution in [-0.4, -0.2) is 75.5 Å². The smallest absolute Gasteiger partial charge is 0.411 e. The van der Waals surface area contributed by atoms with Crippen LogP contribution in [0.1, 0.15) is 129 Å². The van der Waals surface area contributed by atoms with Crippen LogP contribution in [0.25, 0.3) is 0 Å². The predicted molar refractivity (Wildman–Crippen MR) is 186 cm³/mol. The summed E-state index contributed by atoms with van der Waals surface area (Å²) in [6.45, 7) is 9.28. The third-order valence-corrected chi connectivity index (χ3v) is 8.00. The zero-order chi connectivity index (χ0) is 32.1. The molecule has 1 rings (SSSR count). The van der Waals surface area contributed by atoms with E-state index in [2.05, 4.69) is 48.4 Å². The van der Waals surface area contributed by atoms with Gasteiger partial charge in [0.15, 0.2) is 0 Å². The molecule has 0 aliphatic carbocycles. The Morgan fingerprint density at radius 2 is 0.795 bits per heavy atom. The molecule has 0 heterocycles. The van der Waals surface area contributed by atoms with Gasteiger partial charge in [0.05, 0.1) is 13.2 Å². The van der Waals surface area contributed by atoms with E-state index in [-0.39, 0.29) is 0 Å². The van der Waals surface area contributed by atoms with Crippen LogP contribution in [0, 0.1) is 0 Å². The van der Waals surface area contributed by atoms with Crippen LogP contribution < -0.4 is 10.6 Å². The Bertz CT molecular complexity index is 754. The van der Waals surface area contributed by atoms with Crippen molar-refractivity contribution in [2.24, 2.45) is 0 Å². The Kier molecular flexibility index (Phi) is 25.4. The molecular weight excluding hydrogens is 552 g/mol.